The van der Waals surface area contributed by atoms with Crippen LogP contribution in [0, 0.1) is 22.7 Å². The van der Waals surface area contributed by atoms with Gasteiger partial charge < -0.3 is 20.1 Å². The number of carbonyl (C=O) groups excluding carboxylic acids is 1. The van der Waals surface area contributed by atoms with Crippen LogP contribution in [0.4, 0.5) is 0 Å². The molecule has 0 spiro atoms. The molecular formula is C22H34O5. The lowest BCUT2D eigenvalue weighted by molar-refractivity contribution is -0.215. The van der Waals surface area contributed by atoms with Crippen molar-refractivity contribution in [2.45, 2.75) is 82.5 Å². The highest BCUT2D eigenvalue weighted by Gasteiger charge is 2.72. The second kappa shape index (κ2) is 6.12. The highest BCUT2D eigenvalue weighted by molar-refractivity contribution is 5.90. The molecule has 152 valence electrons. The molecule has 0 unspecified atom stereocenters. The molecule has 0 aromatic heterocycles. The molecular weight excluding hydrogens is 344 g/mol. The van der Waals surface area contributed by atoms with Gasteiger partial charge in [0, 0.05) is 12.5 Å². The van der Waals surface area contributed by atoms with Gasteiger partial charge in [-0.2, -0.15) is 0 Å². The third-order valence-electron chi connectivity index (χ3n) is 9.15. The number of hydrogen-bond acceptors (Lipinski definition) is 5. The predicted octanol–water partition coefficient (Wildman–Crippen LogP) is 2.37. The van der Waals surface area contributed by atoms with Crippen molar-refractivity contribution in [2.24, 2.45) is 22.7 Å². The molecule has 4 aliphatic carbocycles. The van der Waals surface area contributed by atoms with E-state index in [9.17, 15) is 20.1 Å². The summed E-state index contributed by atoms with van der Waals surface area (Å²) >= 11 is 0. The van der Waals surface area contributed by atoms with Crippen LogP contribution in [0.2, 0.25) is 0 Å². The van der Waals surface area contributed by atoms with Crippen LogP contribution in [0.15, 0.2) is 11.6 Å². The smallest absolute Gasteiger partial charge is 0.190 e. The van der Waals surface area contributed by atoms with Gasteiger partial charge in [0.1, 0.15) is 12.2 Å². The number of aliphatic hydroxyl groups excluding tert-OH is 1. The Morgan fingerprint density at radius 2 is 1.89 bits per heavy atom. The second-order valence-electron chi connectivity index (χ2n) is 10.0. The first kappa shape index (κ1) is 19.6. The van der Waals surface area contributed by atoms with Crippen molar-refractivity contribution in [3.8, 4) is 0 Å². The zero-order valence-corrected chi connectivity index (χ0v) is 16.8. The summed E-state index contributed by atoms with van der Waals surface area (Å²) in [5, 5.41) is 33.4. The normalized spacial score (nSPS) is 51.8. The van der Waals surface area contributed by atoms with Gasteiger partial charge in [-0.15, -0.1) is 0 Å². The summed E-state index contributed by atoms with van der Waals surface area (Å²) in [4.78, 5) is 12.7. The van der Waals surface area contributed by atoms with Crippen LogP contribution >= 0.6 is 0 Å². The summed E-state index contributed by atoms with van der Waals surface area (Å²) in [6.07, 6.45) is 7.55. The van der Waals surface area contributed by atoms with E-state index in [1.165, 1.54) is 12.7 Å². The summed E-state index contributed by atoms with van der Waals surface area (Å²) in [5.41, 5.74) is -2.05. The molecule has 3 fully saturated rings. The minimum absolute atomic E-state index is 0.0104. The van der Waals surface area contributed by atoms with E-state index in [0.29, 0.717) is 25.2 Å². The summed E-state index contributed by atoms with van der Waals surface area (Å²) < 4.78 is 5.02. The number of aliphatic hydroxyl groups is 3. The van der Waals surface area contributed by atoms with Crippen LogP contribution in [0.5, 0.6) is 0 Å². The number of fused-ring (bicyclic) bond motifs is 5. The summed E-state index contributed by atoms with van der Waals surface area (Å²) in [7, 11) is 1.47. The highest BCUT2D eigenvalue weighted by Crippen LogP contribution is 2.68. The van der Waals surface area contributed by atoms with E-state index in [0.717, 1.165) is 32.1 Å². The number of carbonyl (C=O) groups is 1. The van der Waals surface area contributed by atoms with Gasteiger partial charge in [-0.05, 0) is 68.6 Å². The Labute approximate surface area is 161 Å². The number of ether oxygens (including phenoxy) is 1. The number of hydrogen-bond donors (Lipinski definition) is 3. The Kier molecular flexibility index (Phi) is 4.44. The third kappa shape index (κ3) is 2.35. The van der Waals surface area contributed by atoms with Gasteiger partial charge in [0.25, 0.3) is 0 Å². The van der Waals surface area contributed by atoms with Crippen molar-refractivity contribution in [1.82, 2.24) is 0 Å². The maximum Gasteiger partial charge on any atom is 0.190 e. The van der Waals surface area contributed by atoms with Crippen molar-refractivity contribution in [2.75, 3.05) is 13.7 Å². The Balaban J connectivity index is 1.71. The fourth-order valence-electron chi connectivity index (χ4n) is 7.32. The van der Waals surface area contributed by atoms with Gasteiger partial charge in [0.05, 0.1) is 11.7 Å². The third-order valence-corrected chi connectivity index (χ3v) is 9.15. The Morgan fingerprint density at radius 3 is 2.59 bits per heavy atom. The number of rotatable bonds is 3. The Bertz CT molecular complexity index is 674. The molecule has 0 aromatic carbocycles. The Morgan fingerprint density at radius 1 is 1.15 bits per heavy atom. The summed E-state index contributed by atoms with van der Waals surface area (Å²) in [6.45, 7) is 4.09. The van der Waals surface area contributed by atoms with Crippen molar-refractivity contribution in [3.63, 3.8) is 0 Å². The van der Waals surface area contributed by atoms with Crippen molar-refractivity contribution >= 4 is 5.78 Å². The van der Waals surface area contributed by atoms with Gasteiger partial charge in [0.2, 0.25) is 0 Å². The predicted molar refractivity (Wildman–Crippen MR) is 101 cm³/mol. The van der Waals surface area contributed by atoms with E-state index >= 15 is 0 Å². The number of Topliss-reactive ketones (excluding diaryl/α,β-unsaturated/α-hetero) is 1. The first-order valence-corrected chi connectivity index (χ1v) is 10.5. The van der Waals surface area contributed by atoms with E-state index in [1.54, 1.807) is 0 Å². The van der Waals surface area contributed by atoms with Crippen molar-refractivity contribution in [1.29, 1.82) is 0 Å². The molecule has 4 rings (SSSR count). The molecule has 5 nitrogen and oxygen atoms in total. The minimum atomic E-state index is -1.52. The summed E-state index contributed by atoms with van der Waals surface area (Å²) in [5.74, 6) is 0.0773. The van der Waals surface area contributed by atoms with E-state index in [1.807, 2.05) is 6.92 Å². The molecule has 0 aromatic rings. The van der Waals surface area contributed by atoms with E-state index in [4.69, 9.17) is 4.74 Å². The molecule has 0 aliphatic heterocycles. The molecule has 0 bridgehead atoms. The molecule has 7 atom stereocenters. The van der Waals surface area contributed by atoms with Crippen LogP contribution in [-0.2, 0) is 9.53 Å². The minimum Gasteiger partial charge on any atom is -0.393 e. The number of ketones is 1. The SMILES string of the molecule is COCC(=O)[C@]1(O)CC[C@]2(O)[C@@H]3CC=C4C[C@@H](O)CC[C@]4(C)[C@H]3CC[C@]12C. The topological polar surface area (TPSA) is 87.0 Å². The van der Waals surface area contributed by atoms with Crippen LogP contribution in [0.3, 0.4) is 0 Å². The van der Waals surface area contributed by atoms with Crippen LogP contribution in [0.25, 0.3) is 0 Å². The second-order valence-corrected chi connectivity index (χ2v) is 10.0. The zero-order chi connectivity index (χ0) is 19.7. The first-order valence-electron chi connectivity index (χ1n) is 10.5. The van der Waals surface area contributed by atoms with Crippen LogP contribution in [-0.4, -0.2) is 52.1 Å². The lowest BCUT2D eigenvalue weighted by atomic mass is 9.45. The molecule has 0 amide bonds. The van der Waals surface area contributed by atoms with Crippen molar-refractivity contribution in [3.05, 3.63) is 11.6 Å². The lowest BCUT2D eigenvalue weighted by Crippen LogP contribution is -2.66. The maximum absolute atomic E-state index is 12.7. The highest BCUT2D eigenvalue weighted by atomic mass is 16.5. The molecule has 0 heterocycles. The first-order chi connectivity index (χ1) is 12.6. The molecule has 5 heteroatoms. The van der Waals surface area contributed by atoms with Gasteiger partial charge in [-0.3, -0.25) is 4.79 Å². The Hall–Kier alpha value is -0.750. The fourth-order valence-corrected chi connectivity index (χ4v) is 7.32. The summed E-state index contributed by atoms with van der Waals surface area (Å²) in [6, 6.07) is 0. The number of allylic oxidation sites excluding steroid dienone is 1. The van der Waals surface area contributed by atoms with Crippen molar-refractivity contribution < 1.29 is 24.9 Å². The molecule has 27 heavy (non-hydrogen) atoms. The van der Waals surface area contributed by atoms with Gasteiger partial charge >= 0.3 is 0 Å². The van der Waals surface area contributed by atoms with Gasteiger partial charge in [-0.1, -0.05) is 25.5 Å². The molecule has 0 radical (unpaired) electrons. The zero-order valence-electron chi connectivity index (χ0n) is 16.8. The largest absolute Gasteiger partial charge is 0.393 e. The lowest BCUT2D eigenvalue weighted by Gasteiger charge is -2.61. The molecule has 3 saturated carbocycles. The molecule has 3 N–H and O–H groups in total. The fraction of sp³-hybridized carbons (Fsp3) is 0.864. The van der Waals surface area contributed by atoms with E-state index < -0.39 is 16.6 Å². The molecule has 4 aliphatic rings. The average molecular weight is 379 g/mol. The van der Waals surface area contributed by atoms with Crippen LogP contribution in [0.1, 0.15) is 65.2 Å². The van der Waals surface area contributed by atoms with E-state index in [2.05, 4.69) is 13.0 Å². The van der Waals surface area contributed by atoms with Gasteiger partial charge in [-0.25, -0.2) is 0 Å². The molecule has 0 saturated heterocycles. The van der Waals surface area contributed by atoms with E-state index in [-0.39, 0.29) is 29.8 Å². The van der Waals surface area contributed by atoms with Crippen LogP contribution < -0.4 is 0 Å². The average Bonchev–Trinajstić information content (AvgIpc) is 2.85. The van der Waals surface area contributed by atoms with Gasteiger partial charge in [0.15, 0.2) is 5.78 Å². The maximum atomic E-state index is 12.7. The quantitative estimate of drug-likeness (QED) is 0.657. The number of methoxy groups -OCH3 is 1. The monoisotopic (exact) mass is 378 g/mol. The standard InChI is InChI=1S/C22H34O5/c1-19-8-6-15(23)12-14(19)4-5-17-16(19)7-9-20(2)21(17,25)10-11-22(20,26)18(24)13-27-3/h4,15-17,23,25-26H,5-13H2,1-3H3/t15-,16-,17+,19-,20-,21-,22+/m0/s1.